The lowest BCUT2D eigenvalue weighted by Gasteiger charge is -2.07. The van der Waals surface area contributed by atoms with E-state index < -0.39 is 12.8 Å². The van der Waals surface area contributed by atoms with Gasteiger partial charge in [0.25, 0.3) is 0 Å². The monoisotopic (exact) mass is 360 g/mol. The third-order valence-corrected chi connectivity index (χ3v) is 2.21. The molecule has 114 valence electrons. The highest BCUT2D eigenvalue weighted by molar-refractivity contribution is 6.33. The van der Waals surface area contributed by atoms with E-state index in [2.05, 4.69) is 24.7 Å². The van der Waals surface area contributed by atoms with Crippen LogP contribution >= 0.6 is 34.8 Å². The molecule has 0 aliphatic carbocycles. The maximum atomic E-state index is 11.6. The molecule has 2 rings (SSSR count). The molecule has 2 aromatic heterocycles. The van der Waals surface area contributed by atoms with Gasteiger partial charge in [-0.1, -0.05) is 34.8 Å². The van der Waals surface area contributed by atoms with Gasteiger partial charge in [-0.3, -0.25) is 0 Å². The van der Waals surface area contributed by atoms with Crippen molar-refractivity contribution in [1.29, 1.82) is 0 Å². The summed E-state index contributed by atoms with van der Waals surface area (Å²) in [7, 11) is 0. The van der Waals surface area contributed by atoms with Crippen molar-refractivity contribution < 1.29 is 17.9 Å². The number of hydrogen-bond acceptors (Lipinski definition) is 5. The first-order chi connectivity index (χ1) is 9.76. The minimum Gasteiger partial charge on any atom is -0.468 e. The summed E-state index contributed by atoms with van der Waals surface area (Å²) in [6.45, 7) is -1.39. The predicted molar refractivity (Wildman–Crippen MR) is 70.6 cm³/mol. The number of alkyl halides is 3. The lowest BCUT2D eigenvalue weighted by atomic mass is 10.6. The average molecular weight is 362 g/mol. The normalized spacial score (nSPS) is 10.6. The van der Waals surface area contributed by atoms with Gasteiger partial charge in [-0.05, 0) is 0 Å². The van der Waals surface area contributed by atoms with E-state index >= 15 is 0 Å². The van der Waals surface area contributed by atoms with E-state index in [9.17, 15) is 13.2 Å². The summed E-state index contributed by atoms with van der Waals surface area (Å²) in [5, 5.41) is 0.766. The van der Waals surface area contributed by atoms with Crippen molar-refractivity contribution in [3.8, 4) is 5.88 Å². The molecule has 0 atom stereocenters. The molecule has 0 N–H and O–H groups in total. The number of hydrogen-bond donors (Lipinski definition) is 0. The zero-order valence-corrected chi connectivity index (χ0v) is 12.2. The quantitative estimate of drug-likeness (QED) is 0.760. The van der Waals surface area contributed by atoms with Crippen molar-refractivity contribution in [2.75, 3.05) is 6.61 Å². The van der Waals surface area contributed by atoms with Crippen LogP contribution in [0.3, 0.4) is 0 Å². The third-order valence-electron chi connectivity index (χ3n) is 1.59. The van der Waals surface area contributed by atoms with Gasteiger partial charge in [0.05, 0.1) is 0 Å². The van der Waals surface area contributed by atoms with Crippen LogP contribution in [0.2, 0.25) is 15.5 Å². The molecule has 0 aliphatic rings. The minimum atomic E-state index is -4.38. The molecule has 0 bridgehead atoms. The van der Waals surface area contributed by atoms with Gasteiger partial charge in [-0.2, -0.15) is 13.2 Å². The van der Waals surface area contributed by atoms with E-state index in [1.165, 1.54) is 12.4 Å². The molecular formula is C10H6Cl3F3N4O. The van der Waals surface area contributed by atoms with E-state index in [-0.39, 0.29) is 11.0 Å². The Kier molecular flexibility index (Phi) is 6.86. The fourth-order valence-corrected chi connectivity index (χ4v) is 1.35. The molecule has 0 amide bonds. The summed E-state index contributed by atoms with van der Waals surface area (Å²) in [6, 6.07) is 2.58. The van der Waals surface area contributed by atoms with E-state index in [4.69, 9.17) is 34.8 Å². The second-order valence-electron chi connectivity index (χ2n) is 3.25. The van der Waals surface area contributed by atoms with Crippen molar-refractivity contribution in [1.82, 2.24) is 19.9 Å². The van der Waals surface area contributed by atoms with Crippen LogP contribution in [0.25, 0.3) is 0 Å². The number of aromatic nitrogens is 4. The Bertz CT molecular complexity index is 568. The minimum absolute atomic E-state index is 0.0344. The van der Waals surface area contributed by atoms with Crippen LogP contribution in [0.15, 0.2) is 24.8 Å². The van der Waals surface area contributed by atoms with Gasteiger partial charge in [-0.15, -0.1) is 0 Å². The molecular weight excluding hydrogens is 355 g/mol. The number of nitrogens with zero attached hydrogens (tertiary/aromatic N) is 4. The Balaban J connectivity index is 0.000000235. The average Bonchev–Trinajstić information content (AvgIpc) is 2.36. The Hall–Kier alpha value is -1.38. The van der Waals surface area contributed by atoms with Crippen LogP contribution in [-0.4, -0.2) is 32.7 Å². The summed E-state index contributed by atoms with van der Waals surface area (Å²) >= 11 is 16.2. The molecule has 0 saturated carbocycles. The molecule has 0 fully saturated rings. The van der Waals surface area contributed by atoms with Crippen LogP contribution in [0.1, 0.15) is 0 Å². The molecule has 5 nitrogen and oxygen atoms in total. The summed E-state index contributed by atoms with van der Waals surface area (Å²) in [5.41, 5.74) is 0. The molecule has 0 aliphatic heterocycles. The van der Waals surface area contributed by atoms with E-state index in [0.717, 1.165) is 12.4 Å². The van der Waals surface area contributed by atoms with Crippen molar-refractivity contribution >= 4 is 34.8 Å². The van der Waals surface area contributed by atoms with Crippen LogP contribution in [0.4, 0.5) is 13.2 Å². The van der Waals surface area contributed by atoms with Crippen LogP contribution < -0.4 is 4.74 Å². The summed E-state index contributed by atoms with van der Waals surface area (Å²) in [6.07, 6.45) is -2.05. The van der Waals surface area contributed by atoms with Crippen molar-refractivity contribution in [2.45, 2.75) is 6.18 Å². The maximum Gasteiger partial charge on any atom is 0.422 e. The Labute approximate surface area is 132 Å². The second kappa shape index (κ2) is 8.16. The highest BCUT2D eigenvalue weighted by Crippen LogP contribution is 2.17. The van der Waals surface area contributed by atoms with Crippen molar-refractivity contribution in [3.05, 3.63) is 40.2 Å². The number of halogens is 6. The van der Waals surface area contributed by atoms with Crippen molar-refractivity contribution in [3.63, 3.8) is 0 Å². The van der Waals surface area contributed by atoms with Crippen LogP contribution in [-0.2, 0) is 0 Å². The lowest BCUT2D eigenvalue weighted by Crippen LogP contribution is -2.19. The smallest absolute Gasteiger partial charge is 0.422 e. The molecule has 0 aromatic carbocycles. The van der Waals surface area contributed by atoms with Gasteiger partial charge in [0.1, 0.15) is 28.1 Å². The van der Waals surface area contributed by atoms with Gasteiger partial charge in [0.15, 0.2) is 6.61 Å². The summed E-state index contributed by atoms with van der Waals surface area (Å²) in [4.78, 5) is 14.1. The second-order valence-corrected chi connectivity index (χ2v) is 4.41. The largest absolute Gasteiger partial charge is 0.468 e. The summed E-state index contributed by atoms with van der Waals surface area (Å²) < 4.78 is 39.2. The SMILES string of the molecule is Clc1cc(Cl)ncn1.FC(F)(F)COc1cc(Cl)ncn1. The standard InChI is InChI=1S/C6H4ClF3N2O.C4H2Cl2N2/c7-4-1-5(12-3-11-4)13-2-6(8,9)10;5-3-1-4(6)8-2-7-3/h1,3H,2H2;1-2H. The highest BCUT2D eigenvalue weighted by Gasteiger charge is 2.28. The molecule has 0 saturated heterocycles. The van der Waals surface area contributed by atoms with Gasteiger partial charge in [-0.25, -0.2) is 19.9 Å². The molecule has 0 spiro atoms. The van der Waals surface area contributed by atoms with Gasteiger partial charge in [0.2, 0.25) is 5.88 Å². The first-order valence-electron chi connectivity index (χ1n) is 5.06. The Morgan fingerprint density at radius 2 is 1.33 bits per heavy atom. The first-order valence-corrected chi connectivity index (χ1v) is 6.20. The maximum absolute atomic E-state index is 11.6. The lowest BCUT2D eigenvalue weighted by molar-refractivity contribution is -0.154. The third kappa shape index (κ3) is 8.49. The Morgan fingerprint density at radius 1 is 0.857 bits per heavy atom. The topological polar surface area (TPSA) is 60.8 Å². The first kappa shape index (κ1) is 17.7. The molecule has 2 heterocycles. The van der Waals surface area contributed by atoms with Crippen LogP contribution in [0.5, 0.6) is 5.88 Å². The van der Waals surface area contributed by atoms with Crippen LogP contribution in [0, 0.1) is 0 Å². The molecule has 11 heteroatoms. The number of rotatable bonds is 2. The molecule has 2 aromatic rings. The zero-order chi connectivity index (χ0) is 15.9. The highest BCUT2D eigenvalue weighted by atomic mass is 35.5. The van der Waals surface area contributed by atoms with E-state index in [0.29, 0.717) is 10.3 Å². The fourth-order valence-electron chi connectivity index (χ4n) is 0.864. The van der Waals surface area contributed by atoms with Crippen molar-refractivity contribution in [2.24, 2.45) is 0 Å². The zero-order valence-electron chi connectivity index (χ0n) is 9.98. The van der Waals surface area contributed by atoms with E-state index in [1.54, 1.807) is 0 Å². The predicted octanol–water partition coefficient (Wildman–Crippen LogP) is 3.85. The molecule has 21 heavy (non-hydrogen) atoms. The molecule has 0 radical (unpaired) electrons. The fraction of sp³-hybridized carbons (Fsp3) is 0.200. The summed E-state index contributed by atoms with van der Waals surface area (Å²) in [5.74, 6) is -0.197. The van der Waals surface area contributed by atoms with Gasteiger partial charge in [0, 0.05) is 12.1 Å². The number of ether oxygens (including phenoxy) is 1. The Morgan fingerprint density at radius 3 is 1.71 bits per heavy atom. The van der Waals surface area contributed by atoms with Gasteiger partial charge >= 0.3 is 6.18 Å². The van der Waals surface area contributed by atoms with E-state index in [1.807, 2.05) is 0 Å². The van der Waals surface area contributed by atoms with Gasteiger partial charge < -0.3 is 4.74 Å². The molecule has 0 unspecified atom stereocenters.